The Labute approximate surface area is 173 Å². The van der Waals surface area contributed by atoms with Crippen LogP contribution in [0.2, 0.25) is 0 Å². The van der Waals surface area contributed by atoms with Gasteiger partial charge in [-0.1, -0.05) is 43.3 Å². The molecule has 0 N–H and O–H groups in total. The number of carbonyl (C=O) groups excluding carboxylic acids is 1. The van der Waals surface area contributed by atoms with Crippen LogP contribution in [0, 0.1) is 5.92 Å². The highest BCUT2D eigenvalue weighted by Crippen LogP contribution is 2.34. The summed E-state index contributed by atoms with van der Waals surface area (Å²) in [6, 6.07) is 14.8. The van der Waals surface area contributed by atoms with E-state index in [4.69, 9.17) is 0 Å². The third-order valence-corrected chi connectivity index (χ3v) is 8.10. The zero-order chi connectivity index (χ0) is 20.6. The number of hydrogen-bond donors (Lipinski definition) is 0. The molecule has 1 aliphatic carbocycles. The zero-order valence-electron chi connectivity index (χ0n) is 17.0. The molecule has 154 valence electrons. The van der Waals surface area contributed by atoms with Crippen LogP contribution in [0.3, 0.4) is 0 Å². The van der Waals surface area contributed by atoms with Gasteiger partial charge in [0.25, 0.3) is 0 Å². The molecule has 0 spiro atoms. The molecular weight excluding hydrogens is 384 g/mol. The normalized spacial score (nSPS) is 17.8. The minimum absolute atomic E-state index is 0.186. The lowest BCUT2D eigenvalue weighted by atomic mass is 9.99. The third kappa shape index (κ3) is 3.96. The first-order chi connectivity index (χ1) is 13.9. The van der Waals surface area contributed by atoms with E-state index < -0.39 is 10.0 Å². The quantitative estimate of drug-likeness (QED) is 0.726. The smallest absolute Gasteiger partial charge is 0.243 e. The Morgan fingerprint density at radius 1 is 1.14 bits per heavy atom. The predicted octanol–water partition coefficient (Wildman–Crippen LogP) is 3.75. The second-order valence-corrected chi connectivity index (χ2v) is 9.90. The van der Waals surface area contributed by atoms with Crippen molar-refractivity contribution in [2.24, 2.45) is 5.92 Å². The minimum atomic E-state index is -3.64. The van der Waals surface area contributed by atoms with Gasteiger partial charge in [-0.05, 0) is 55.0 Å². The number of sulfonamides is 1. The summed E-state index contributed by atoms with van der Waals surface area (Å²) in [6.07, 6.45) is 2.75. The monoisotopic (exact) mass is 412 g/mol. The molecule has 5 nitrogen and oxygen atoms in total. The zero-order valence-corrected chi connectivity index (χ0v) is 17.9. The number of hydrogen-bond acceptors (Lipinski definition) is 3. The number of fused-ring (bicyclic) bond motifs is 1. The van der Waals surface area contributed by atoms with Crippen LogP contribution in [-0.2, 0) is 27.8 Å². The molecule has 0 bridgehead atoms. The molecule has 1 unspecified atom stereocenters. The van der Waals surface area contributed by atoms with Crippen molar-refractivity contribution >= 4 is 15.9 Å². The van der Waals surface area contributed by atoms with Gasteiger partial charge in [0.2, 0.25) is 15.9 Å². The summed E-state index contributed by atoms with van der Waals surface area (Å²) < 4.78 is 28.4. The van der Waals surface area contributed by atoms with Gasteiger partial charge >= 0.3 is 0 Å². The second kappa shape index (κ2) is 7.92. The topological polar surface area (TPSA) is 57.7 Å². The molecule has 0 saturated heterocycles. The first-order valence-corrected chi connectivity index (χ1v) is 11.8. The molecule has 1 aliphatic heterocycles. The van der Waals surface area contributed by atoms with Crippen LogP contribution < -0.4 is 0 Å². The van der Waals surface area contributed by atoms with Gasteiger partial charge in [-0.2, -0.15) is 4.31 Å². The molecule has 2 aliphatic rings. The summed E-state index contributed by atoms with van der Waals surface area (Å²) in [5.41, 5.74) is 3.06. The molecule has 1 heterocycles. The first kappa shape index (κ1) is 20.1. The fraction of sp³-hybridized carbons (Fsp3) is 0.435. The molecule has 4 rings (SSSR count). The average molecular weight is 413 g/mol. The Kier molecular flexibility index (Phi) is 5.49. The van der Waals surface area contributed by atoms with Crippen LogP contribution in [-0.4, -0.2) is 36.6 Å². The van der Waals surface area contributed by atoms with Gasteiger partial charge < -0.3 is 4.90 Å². The van der Waals surface area contributed by atoms with E-state index >= 15 is 0 Å². The van der Waals surface area contributed by atoms with Crippen molar-refractivity contribution in [2.45, 2.75) is 50.6 Å². The van der Waals surface area contributed by atoms with Crippen molar-refractivity contribution in [1.29, 1.82) is 0 Å². The van der Waals surface area contributed by atoms with Gasteiger partial charge in [0.15, 0.2) is 0 Å². The van der Waals surface area contributed by atoms with E-state index in [-0.39, 0.29) is 17.9 Å². The fourth-order valence-corrected chi connectivity index (χ4v) is 5.84. The maximum absolute atomic E-state index is 13.4. The van der Waals surface area contributed by atoms with Crippen molar-refractivity contribution in [1.82, 2.24) is 9.21 Å². The van der Waals surface area contributed by atoms with Crippen LogP contribution in [0.5, 0.6) is 0 Å². The Hall–Kier alpha value is -2.18. The Balaban J connectivity index is 1.61. The highest BCUT2D eigenvalue weighted by atomic mass is 32.2. The number of carbonyl (C=O) groups is 1. The van der Waals surface area contributed by atoms with Crippen molar-refractivity contribution in [2.75, 3.05) is 13.1 Å². The van der Waals surface area contributed by atoms with Crippen molar-refractivity contribution in [3.8, 4) is 0 Å². The third-order valence-electron chi connectivity index (χ3n) is 6.06. The lowest BCUT2D eigenvalue weighted by Gasteiger charge is -2.31. The van der Waals surface area contributed by atoms with E-state index in [1.807, 2.05) is 55.1 Å². The molecule has 2 aromatic rings. The van der Waals surface area contributed by atoms with E-state index in [1.54, 1.807) is 16.4 Å². The van der Waals surface area contributed by atoms with Crippen LogP contribution >= 0.6 is 0 Å². The Morgan fingerprint density at radius 3 is 2.52 bits per heavy atom. The summed E-state index contributed by atoms with van der Waals surface area (Å²) in [5.74, 6) is 0.405. The van der Waals surface area contributed by atoms with E-state index in [9.17, 15) is 13.2 Å². The molecule has 1 saturated carbocycles. The SMILES string of the molecule is CCN(C(C)c1ccccc1)S(=O)(=O)c1ccc2c(c1)CN(C(=O)C1CC1)CC2. The lowest BCUT2D eigenvalue weighted by molar-refractivity contribution is -0.133. The lowest BCUT2D eigenvalue weighted by Crippen LogP contribution is -2.37. The Bertz CT molecular complexity index is 1000. The van der Waals surface area contributed by atoms with E-state index in [2.05, 4.69) is 0 Å². The molecule has 1 amide bonds. The highest BCUT2D eigenvalue weighted by molar-refractivity contribution is 7.89. The summed E-state index contributed by atoms with van der Waals surface area (Å²) in [6.45, 7) is 5.41. The van der Waals surface area contributed by atoms with E-state index in [0.717, 1.165) is 42.5 Å². The van der Waals surface area contributed by atoms with Crippen molar-refractivity contribution in [3.63, 3.8) is 0 Å². The summed E-state index contributed by atoms with van der Waals surface area (Å²) in [5, 5.41) is 0. The second-order valence-electron chi connectivity index (χ2n) is 8.01. The van der Waals surface area contributed by atoms with Crippen LogP contribution in [0.1, 0.15) is 49.4 Å². The average Bonchev–Trinajstić information content (AvgIpc) is 3.58. The van der Waals surface area contributed by atoms with Gasteiger partial charge in [0.05, 0.1) is 4.90 Å². The molecular formula is C23H28N2O3S. The molecule has 1 fully saturated rings. The van der Waals surface area contributed by atoms with Gasteiger partial charge in [-0.3, -0.25) is 4.79 Å². The van der Waals surface area contributed by atoms with E-state index in [1.165, 1.54) is 0 Å². The molecule has 2 aromatic carbocycles. The number of nitrogens with zero attached hydrogens (tertiary/aromatic N) is 2. The van der Waals surface area contributed by atoms with E-state index in [0.29, 0.717) is 18.0 Å². The van der Waals surface area contributed by atoms with Gasteiger partial charge in [-0.15, -0.1) is 0 Å². The first-order valence-electron chi connectivity index (χ1n) is 10.4. The standard InChI is InChI=1S/C23H28N2O3S/c1-3-25(17(2)18-7-5-4-6-8-18)29(27,28)22-12-11-19-13-14-24(16-21(19)15-22)23(26)20-9-10-20/h4-8,11-12,15,17,20H,3,9-10,13-14,16H2,1-2H3. The Morgan fingerprint density at radius 2 is 1.86 bits per heavy atom. The predicted molar refractivity (Wildman–Crippen MR) is 113 cm³/mol. The molecule has 0 aromatic heterocycles. The summed E-state index contributed by atoms with van der Waals surface area (Å²) in [7, 11) is -3.64. The number of amides is 1. The van der Waals surface area contributed by atoms with Crippen LogP contribution in [0.25, 0.3) is 0 Å². The fourth-order valence-electron chi connectivity index (χ4n) is 4.16. The van der Waals surface area contributed by atoms with Gasteiger partial charge in [0.1, 0.15) is 0 Å². The van der Waals surface area contributed by atoms with Crippen LogP contribution in [0.15, 0.2) is 53.4 Å². The van der Waals surface area contributed by atoms with Crippen LogP contribution in [0.4, 0.5) is 0 Å². The maximum atomic E-state index is 13.4. The maximum Gasteiger partial charge on any atom is 0.243 e. The van der Waals surface area contributed by atoms with Crippen molar-refractivity contribution < 1.29 is 13.2 Å². The molecule has 1 atom stereocenters. The van der Waals surface area contributed by atoms with Crippen molar-refractivity contribution in [3.05, 3.63) is 65.2 Å². The largest absolute Gasteiger partial charge is 0.338 e. The summed E-state index contributed by atoms with van der Waals surface area (Å²) in [4.78, 5) is 14.6. The molecule has 0 radical (unpaired) electrons. The number of benzene rings is 2. The summed E-state index contributed by atoms with van der Waals surface area (Å²) >= 11 is 0. The minimum Gasteiger partial charge on any atom is -0.338 e. The molecule has 6 heteroatoms. The van der Waals surface area contributed by atoms with Gasteiger partial charge in [0, 0.05) is 31.6 Å². The number of rotatable bonds is 6. The molecule has 29 heavy (non-hydrogen) atoms. The highest BCUT2D eigenvalue weighted by Gasteiger charge is 2.35. The van der Waals surface area contributed by atoms with Gasteiger partial charge in [-0.25, -0.2) is 8.42 Å².